The van der Waals surface area contributed by atoms with Gasteiger partial charge in [-0.15, -0.1) is 0 Å². The average molecular weight is 742 g/mol. The first-order valence-electron chi connectivity index (χ1n) is 19.4. The molecule has 0 unspecified atom stereocenters. The van der Waals surface area contributed by atoms with E-state index in [2.05, 4.69) is 127 Å². The fraction of sp³-hybridized carbons (Fsp3) is 0. The van der Waals surface area contributed by atoms with Gasteiger partial charge in [-0.2, -0.15) is 0 Å². The van der Waals surface area contributed by atoms with Gasteiger partial charge in [0, 0.05) is 32.7 Å². The van der Waals surface area contributed by atoms with E-state index in [1.165, 1.54) is 5.39 Å². The van der Waals surface area contributed by atoms with Crippen LogP contribution in [0.25, 0.3) is 122 Å². The molecule has 0 aliphatic rings. The molecule has 0 fully saturated rings. The minimum atomic E-state index is 0.552. The summed E-state index contributed by atoms with van der Waals surface area (Å²) in [6.07, 6.45) is 0. The van der Waals surface area contributed by atoms with Gasteiger partial charge >= 0.3 is 0 Å². The van der Waals surface area contributed by atoms with Gasteiger partial charge in [0.05, 0.1) is 5.56 Å². The summed E-state index contributed by atoms with van der Waals surface area (Å²) >= 11 is 0. The van der Waals surface area contributed by atoms with Crippen LogP contribution in [0.3, 0.4) is 0 Å². The second-order valence-electron chi connectivity index (χ2n) is 14.7. The second kappa shape index (κ2) is 12.8. The zero-order valence-electron chi connectivity index (χ0n) is 31.1. The Bertz CT molecular complexity index is 3570. The third kappa shape index (κ3) is 5.14. The molecule has 0 aliphatic heterocycles. The summed E-state index contributed by atoms with van der Waals surface area (Å²) < 4.78 is 13.2. The predicted molar refractivity (Wildman–Crippen MR) is 237 cm³/mol. The van der Waals surface area contributed by atoms with Crippen LogP contribution in [0.2, 0.25) is 0 Å². The summed E-state index contributed by atoms with van der Waals surface area (Å²) in [4.78, 5) is 15.5. The fourth-order valence-electron chi connectivity index (χ4n) is 8.59. The lowest BCUT2D eigenvalue weighted by Crippen LogP contribution is -2.01. The Balaban J connectivity index is 1.11. The Morgan fingerprint density at radius 2 is 0.897 bits per heavy atom. The largest absolute Gasteiger partial charge is 0.456 e. The summed E-state index contributed by atoms with van der Waals surface area (Å²) in [7, 11) is 0. The highest BCUT2D eigenvalue weighted by Crippen LogP contribution is 2.45. The van der Waals surface area contributed by atoms with Crippen molar-refractivity contribution in [2.24, 2.45) is 0 Å². The fourth-order valence-corrected chi connectivity index (χ4v) is 8.59. The van der Waals surface area contributed by atoms with Crippen molar-refractivity contribution in [3.8, 4) is 56.4 Å². The molecule has 3 heterocycles. The number of nitrogens with zero attached hydrogens (tertiary/aromatic N) is 3. The van der Waals surface area contributed by atoms with Crippen LogP contribution >= 0.6 is 0 Å². The first-order valence-corrected chi connectivity index (χ1v) is 19.4. The number of fused-ring (bicyclic) bond motifs is 8. The molecule has 0 saturated heterocycles. The van der Waals surface area contributed by atoms with Crippen LogP contribution in [0.5, 0.6) is 0 Å². The molecule has 0 atom stereocenters. The van der Waals surface area contributed by atoms with Gasteiger partial charge in [0.2, 0.25) is 0 Å². The zero-order valence-corrected chi connectivity index (χ0v) is 31.1. The smallest absolute Gasteiger partial charge is 0.167 e. The molecule has 9 aromatic carbocycles. The van der Waals surface area contributed by atoms with E-state index in [1.54, 1.807) is 0 Å². The summed E-state index contributed by atoms with van der Waals surface area (Å²) in [6, 6.07) is 65.2. The number of hydrogen-bond acceptors (Lipinski definition) is 5. The number of rotatable bonds is 5. The number of aromatic nitrogens is 3. The van der Waals surface area contributed by atoms with Crippen molar-refractivity contribution in [3.05, 3.63) is 188 Å². The van der Waals surface area contributed by atoms with Crippen LogP contribution in [-0.2, 0) is 0 Å². The quantitative estimate of drug-likeness (QED) is 0.176. The standard InChI is InChI=1S/C53H31N3O2/c1-3-14-32(15-4-1)36-29-44(49-45-28-34-18-7-8-19-35(34)30-47(45)57-48(49)31-36)39-26-27-42(38-21-10-9-20-37(38)39)52-54-51(33-16-5-2-6-17-33)55-53(56-52)43-24-13-23-41-40-22-11-12-25-46(40)58-50(41)43/h1-31H. The molecule has 3 aromatic heterocycles. The van der Waals surface area contributed by atoms with Crippen LogP contribution in [0.1, 0.15) is 0 Å². The zero-order chi connectivity index (χ0) is 38.2. The molecule has 270 valence electrons. The molecule has 5 heteroatoms. The number of furan rings is 2. The first-order chi connectivity index (χ1) is 28.7. The van der Waals surface area contributed by atoms with Gasteiger partial charge in [-0.3, -0.25) is 0 Å². The lowest BCUT2D eigenvalue weighted by molar-refractivity contribution is 0.669. The van der Waals surface area contributed by atoms with E-state index in [0.717, 1.165) is 99.0 Å². The maximum Gasteiger partial charge on any atom is 0.167 e. The van der Waals surface area contributed by atoms with Gasteiger partial charge in [-0.25, -0.2) is 15.0 Å². The Kier molecular flexibility index (Phi) is 7.16. The maximum absolute atomic E-state index is 6.72. The van der Waals surface area contributed by atoms with Gasteiger partial charge in [-0.1, -0.05) is 146 Å². The maximum atomic E-state index is 6.72. The highest BCUT2D eigenvalue weighted by molar-refractivity contribution is 6.19. The van der Waals surface area contributed by atoms with Crippen molar-refractivity contribution >= 4 is 65.4 Å². The Labute approximate surface area is 332 Å². The lowest BCUT2D eigenvalue weighted by Gasteiger charge is -2.15. The molecular weight excluding hydrogens is 711 g/mol. The van der Waals surface area contributed by atoms with Crippen molar-refractivity contribution < 1.29 is 8.83 Å². The Morgan fingerprint density at radius 3 is 1.69 bits per heavy atom. The second-order valence-corrected chi connectivity index (χ2v) is 14.7. The highest BCUT2D eigenvalue weighted by Gasteiger charge is 2.22. The van der Waals surface area contributed by atoms with Gasteiger partial charge in [-0.05, 0) is 86.3 Å². The molecule has 58 heavy (non-hydrogen) atoms. The van der Waals surface area contributed by atoms with Gasteiger partial charge < -0.3 is 8.83 Å². The van der Waals surface area contributed by atoms with Crippen LogP contribution < -0.4 is 0 Å². The van der Waals surface area contributed by atoms with E-state index in [-0.39, 0.29) is 0 Å². The van der Waals surface area contributed by atoms with Crippen LogP contribution in [0.15, 0.2) is 197 Å². The Morgan fingerprint density at radius 1 is 0.293 bits per heavy atom. The molecular formula is C53H31N3O2. The number of para-hydroxylation sites is 2. The summed E-state index contributed by atoms with van der Waals surface area (Å²) in [5.41, 5.74) is 10.4. The number of hydrogen-bond donors (Lipinski definition) is 0. The third-order valence-corrected chi connectivity index (χ3v) is 11.3. The molecule has 0 radical (unpaired) electrons. The van der Waals surface area contributed by atoms with Crippen molar-refractivity contribution in [2.45, 2.75) is 0 Å². The highest BCUT2D eigenvalue weighted by atomic mass is 16.3. The van der Waals surface area contributed by atoms with Crippen molar-refractivity contribution in [1.29, 1.82) is 0 Å². The third-order valence-electron chi connectivity index (χ3n) is 11.3. The molecule has 0 saturated carbocycles. The molecule has 0 amide bonds. The first kappa shape index (κ1) is 32.4. The average Bonchev–Trinajstić information content (AvgIpc) is 3.86. The molecule has 5 nitrogen and oxygen atoms in total. The minimum Gasteiger partial charge on any atom is -0.456 e. The number of benzene rings is 9. The van der Waals surface area contributed by atoms with Gasteiger partial charge in [0.1, 0.15) is 22.3 Å². The van der Waals surface area contributed by atoms with Crippen molar-refractivity contribution in [1.82, 2.24) is 15.0 Å². The van der Waals surface area contributed by atoms with Crippen LogP contribution in [-0.4, -0.2) is 15.0 Å². The van der Waals surface area contributed by atoms with E-state index in [4.69, 9.17) is 23.8 Å². The molecule has 12 aromatic rings. The SMILES string of the molecule is c1ccc(-c2cc(-c3ccc(-c4nc(-c5ccccc5)nc(-c5cccc6c5oc5ccccc56)n4)c4ccccc34)c3c(c2)oc2cc4ccccc4cc23)cc1. The molecule has 0 spiro atoms. The summed E-state index contributed by atoms with van der Waals surface area (Å²) in [6.45, 7) is 0. The summed E-state index contributed by atoms with van der Waals surface area (Å²) in [5.74, 6) is 1.73. The van der Waals surface area contributed by atoms with E-state index in [1.807, 2.05) is 60.7 Å². The normalized spacial score (nSPS) is 11.8. The minimum absolute atomic E-state index is 0.552. The predicted octanol–water partition coefficient (Wildman–Crippen LogP) is 14.3. The monoisotopic (exact) mass is 741 g/mol. The van der Waals surface area contributed by atoms with E-state index < -0.39 is 0 Å². The molecule has 0 N–H and O–H groups in total. The topological polar surface area (TPSA) is 65.0 Å². The van der Waals surface area contributed by atoms with Crippen molar-refractivity contribution in [3.63, 3.8) is 0 Å². The lowest BCUT2D eigenvalue weighted by atomic mass is 9.90. The Hall–Kier alpha value is -7.89. The van der Waals surface area contributed by atoms with Crippen molar-refractivity contribution in [2.75, 3.05) is 0 Å². The van der Waals surface area contributed by atoms with E-state index in [9.17, 15) is 0 Å². The van der Waals surface area contributed by atoms with Gasteiger partial charge in [0.25, 0.3) is 0 Å². The summed E-state index contributed by atoms with van der Waals surface area (Å²) in [5, 5.41) is 8.71. The van der Waals surface area contributed by atoms with E-state index >= 15 is 0 Å². The van der Waals surface area contributed by atoms with Crippen LogP contribution in [0.4, 0.5) is 0 Å². The molecule has 12 rings (SSSR count). The molecule has 0 bridgehead atoms. The van der Waals surface area contributed by atoms with Crippen LogP contribution in [0, 0.1) is 0 Å². The molecule has 0 aliphatic carbocycles. The van der Waals surface area contributed by atoms with Gasteiger partial charge in [0.15, 0.2) is 17.5 Å². The van der Waals surface area contributed by atoms with E-state index in [0.29, 0.717) is 17.5 Å².